The van der Waals surface area contributed by atoms with E-state index < -0.39 is 0 Å². The molecule has 0 radical (unpaired) electrons. The molecule has 0 aliphatic rings. The van der Waals surface area contributed by atoms with Crippen LogP contribution in [0.15, 0.2) is 24.5 Å². The lowest BCUT2D eigenvalue weighted by molar-refractivity contribution is 0.745. The van der Waals surface area contributed by atoms with Crippen LogP contribution in [0.4, 0.5) is 0 Å². The number of hydrogen-bond donors (Lipinski definition) is 1. The minimum absolute atomic E-state index is 0.894. The largest absolute Gasteiger partial charge is 0.346 e. The van der Waals surface area contributed by atoms with Crippen molar-refractivity contribution in [2.24, 2.45) is 7.05 Å². The summed E-state index contributed by atoms with van der Waals surface area (Å²) < 4.78 is 2.19. The highest BCUT2D eigenvalue weighted by atomic mass is 15.0. The minimum atomic E-state index is 0.894. The number of hydrogen-bond acceptors (Lipinski definition) is 2. The van der Waals surface area contributed by atoms with Crippen molar-refractivity contribution in [1.82, 2.24) is 14.9 Å². The van der Waals surface area contributed by atoms with Gasteiger partial charge in [0.2, 0.25) is 0 Å². The van der Waals surface area contributed by atoms with E-state index in [2.05, 4.69) is 28.0 Å². The molecule has 0 bridgehead atoms. The number of rotatable bonds is 2. The Bertz CT molecular complexity index is 417. The van der Waals surface area contributed by atoms with Crippen molar-refractivity contribution < 1.29 is 0 Å². The SMILES string of the molecule is CNCc1cc2cnccc2n1C. The molecule has 0 atom stereocenters. The van der Waals surface area contributed by atoms with Crippen LogP contribution in [-0.4, -0.2) is 16.6 Å². The number of aromatic nitrogens is 2. The van der Waals surface area contributed by atoms with Crippen LogP contribution in [0.1, 0.15) is 5.69 Å². The fourth-order valence-electron chi connectivity index (χ4n) is 1.60. The zero-order chi connectivity index (χ0) is 9.26. The van der Waals surface area contributed by atoms with E-state index in [1.54, 1.807) is 0 Å². The Morgan fingerprint density at radius 2 is 2.38 bits per heavy atom. The van der Waals surface area contributed by atoms with E-state index in [4.69, 9.17) is 0 Å². The van der Waals surface area contributed by atoms with Crippen molar-refractivity contribution in [3.05, 3.63) is 30.2 Å². The van der Waals surface area contributed by atoms with Gasteiger partial charge in [-0.2, -0.15) is 0 Å². The van der Waals surface area contributed by atoms with E-state index in [1.165, 1.54) is 16.6 Å². The molecule has 0 amide bonds. The number of pyridine rings is 1. The molecular weight excluding hydrogens is 162 g/mol. The first-order valence-electron chi connectivity index (χ1n) is 4.36. The van der Waals surface area contributed by atoms with E-state index in [0.717, 1.165) is 6.54 Å². The van der Waals surface area contributed by atoms with Crippen LogP contribution in [0.5, 0.6) is 0 Å². The molecule has 2 heterocycles. The fraction of sp³-hybridized carbons (Fsp3) is 0.300. The molecule has 0 spiro atoms. The van der Waals surface area contributed by atoms with Gasteiger partial charge in [0, 0.05) is 37.1 Å². The van der Waals surface area contributed by atoms with Crippen LogP contribution >= 0.6 is 0 Å². The van der Waals surface area contributed by atoms with Gasteiger partial charge in [-0.15, -0.1) is 0 Å². The zero-order valence-corrected chi connectivity index (χ0v) is 7.91. The normalized spacial score (nSPS) is 10.9. The average Bonchev–Trinajstić information content (AvgIpc) is 2.46. The van der Waals surface area contributed by atoms with Gasteiger partial charge in [0.15, 0.2) is 0 Å². The number of nitrogens with one attached hydrogen (secondary N) is 1. The van der Waals surface area contributed by atoms with Gasteiger partial charge < -0.3 is 9.88 Å². The van der Waals surface area contributed by atoms with E-state index in [1.807, 2.05) is 25.5 Å². The first kappa shape index (κ1) is 8.26. The van der Waals surface area contributed by atoms with Crippen LogP contribution in [0.25, 0.3) is 10.9 Å². The van der Waals surface area contributed by atoms with Crippen molar-refractivity contribution in [2.45, 2.75) is 6.54 Å². The third-order valence-electron chi connectivity index (χ3n) is 2.30. The van der Waals surface area contributed by atoms with E-state index >= 15 is 0 Å². The molecule has 0 aromatic carbocycles. The van der Waals surface area contributed by atoms with Crippen LogP contribution < -0.4 is 5.32 Å². The molecule has 0 fully saturated rings. The Kier molecular flexibility index (Phi) is 2.02. The lowest BCUT2D eigenvalue weighted by atomic mass is 10.3. The van der Waals surface area contributed by atoms with E-state index in [9.17, 15) is 0 Å². The summed E-state index contributed by atoms with van der Waals surface area (Å²) in [6.07, 6.45) is 3.72. The van der Waals surface area contributed by atoms with Crippen LogP contribution in [-0.2, 0) is 13.6 Å². The molecule has 0 aliphatic heterocycles. The highest BCUT2D eigenvalue weighted by molar-refractivity contribution is 5.80. The molecule has 3 heteroatoms. The predicted molar refractivity (Wildman–Crippen MR) is 53.5 cm³/mol. The Balaban J connectivity index is 2.60. The summed E-state index contributed by atoms with van der Waals surface area (Å²) in [5.41, 5.74) is 2.52. The van der Waals surface area contributed by atoms with Gasteiger partial charge in [-0.3, -0.25) is 4.98 Å². The summed E-state index contributed by atoms with van der Waals surface area (Å²) in [6, 6.07) is 4.20. The van der Waals surface area contributed by atoms with Crippen molar-refractivity contribution in [3.8, 4) is 0 Å². The maximum absolute atomic E-state index is 4.09. The van der Waals surface area contributed by atoms with E-state index in [0.29, 0.717) is 0 Å². The summed E-state index contributed by atoms with van der Waals surface area (Å²) in [7, 11) is 4.03. The lowest BCUT2D eigenvalue weighted by Gasteiger charge is -2.01. The van der Waals surface area contributed by atoms with Gasteiger partial charge in [0.05, 0.1) is 5.52 Å². The van der Waals surface area contributed by atoms with Gasteiger partial charge in [-0.1, -0.05) is 0 Å². The van der Waals surface area contributed by atoms with Crippen molar-refractivity contribution in [1.29, 1.82) is 0 Å². The van der Waals surface area contributed by atoms with Gasteiger partial charge >= 0.3 is 0 Å². The van der Waals surface area contributed by atoms with Crippen LogP contribution in [0, 0.1) is 0 Å². The molecule has 3 nitrogen and oxygen atoms in total. The Morgan fingerprint density at radius 3 is 3.08 bits per heavy atom. The predicted octanol–water partition coefficient (Wildman–Crippen LogP) is 1.29. The van der Waals surface area contributed by atoms with Gasteiger partial charge in [-0.25, -0.2) is 0 Å². The third-order valence-corrected chi connectivity index (χ3v) is 2.30. The van der Waals surface area contributed by atoms with Crippen LogP contribution in [0.2, 0.25) is 0 Å². The zero-order valence-electron chi connectivity index (χ0n) is 7.91. The molecule has 2 aromatic rings. The molecule has 2 rings (SSSR count). The second kappa shape index (κ2) is 3.18. The topological polar surface area (TPSA) is 29.9 Å². The molecule has 1 N–H and O–H groups in total. The highest BCUT2D eigenvalue weighted by Crippen LogP contribution is 2.16. The lowest BCUT2D eigenvalue weighted by Crippen LogP contribution is -2.08. The van der Waals surface area contributed by atoms with E-state index in [-0.39, 0.29) is 0 Å². The number of nitrogens with zero attached hydrogens (tertiary/aromatic N) is 2. The summed E-state index contributed by atoms with van der Waals surface area (Å²) >= 11 is 0. The monoisotopic (exact) mass is 175 g/mol. The van der Waals surface area contributed by atoms with Gasteiger partial charge in [0.1, 0.15) is 0 Å². The molecule has 0 unspecified atom stereocenters. The number of fused-ring (bicyclic) bond motifs is 1. The van der Waals surface area contributed by atoms with Gasteiger partial charge in [-0.05, 0) is 19.2 Å². The second-order valence-electron chi connectivity index (χ2n) is 3.16. The van der Waals surface area contributed by atoms with Crippen molar-refractivity contribution in [2.75, 3.05) is 7.05 Å². The average molecular weight is 175 g/mol. The van der Waals surface area contributed by atoms with Crippen LogP contribution in [0.3, 0.4) is 0 Å². The standard InChI is InChI=1S/C10H13N3/c1-11-7-9-5-8-6-12-4-3-10(8)13(9)2/h3-6,11H,7H2,1-2H3. The quantitative estimate of drug-likeness (QED) is 0.745. The molecule has 2 aromatic heterocycles. The maximum atomic E-state index is 4.09. The molecule has 0 saturated heterocycles. The summed E-state index contributed by atoms with van der Waals surface area (Å²) in [4.78, 5) is 4.09. The third kappa shape index (κ3) is 1.31. The van der Waals surface area contributed by atoms with Gasteiger partial charge in [0.25, 0.3) is 0 Å². The van der Waals surface area contributed by atoms with Crippen molar-refractivity contribution >= 4 is 10.9 Å². The Morgan fingerprint density at radius 1 is 1.54 bits per heavy atom. The summed E-state index contributed by atoms with van der Waals surface area (Å²) in [5, 5.41) is 4.35. The summed E-state index contributed by atoms with van der Waals surface area (Å²) in [5.74, 6) is 0. The Hall–Kier alpha value is -1.35. The highest BCUT2D eigenvalue weighted by Gasteiger charge is 2.03. The number of aryl methyl sites for hydroxylation is 1. The maximum Gasteiger partial charge on any atom is 0.0511 e. The molecule has 13 heavy (non-hydrogen) atoms. The molecular formula is C10H13N3. The molecule has 0 aliphatic carbocycles. The first-order valence-corrected chi connectivity index (χ1v) is 4.36. The first-order chi connectivity index (χ1) is 6.33. The molecule has 68 valence electrons. The minimum Gasteiger partial charge on any atom is -0.346 e. The Labute approximate surface area is 77.4 Å². The van der Waals surface area contributed by atoms with Crippen molar-refractivity contribution in [3.63, 3.8) is 0 Å². The smallest absolute Gasteiger partial charge is 0.0511 e. The second-order valence-corrected chi connectivity index (χ2v) is 3.16. The summed E-state index contributed by atoms with van der Waals surface area (Å²) in [6.45, 7) is 0.894. The fourth-order valence-corrected chi connectivity index (χ4v) is 1.60. The molecule has 0 saturated carbocycles.